The molecule has 2 heterocycles. The van der Waals surface area contributed by atoms with Gasteiger partial charge in [-0.15, -0.1) is 11.3 Å². The minimum atomic E-state index is 0.00121. The number of para-hydroxylation sites is 2. The van der Waals surface area contributed by atoms with E-state index in [0.29, 0.717) is 24.6 Å². The molecule has 2 aliphatic rings. The van der Waals surface area contributed by atoms with E-state index in [1.807, 2.05) is 25.1 Å². The van der Waals surface area contributed by atoms with E-state index in [-0.39, 0.29) is 5.91 Å². The number of nitriles is 1. The molecular weight excluding hydrogens is 408 g/mol. The van der Waals surface area contributed by atoms with Gasteiger partial charge in [-0.25, -0.2) is 0 Å². The summed E-state index contributed by atoms with van der Waals surface area (Å²) in [6.07, 6.45) is 3.08. The lowest BCUT2D eigenvalue weighted by molar-refractivity contribution is -0.892. The minimum Gasteiger partial charge on any atom is -0.492 e. The Balaban J connectivity index is 1.34. The summed E-state index contributed by atoms with van der Waals surface area (Å²) in [6, 6.07) is 10.5. The van der Waals surface area contributed by atoms with Gasteiger partial charge >= 0.3 is 0 Å². The molecule has 1 fully saturated rings. The molecule has 0 unspecified atom stereocenters. The molecule has 0 radical (unpaired) electrons. The van der Waals surface area contributed by atoms with Gasteiger partial charge in [0.25, 0.3) is 5.91 Å². The average Bonchev–Trinajstić information content (AvgIpc) is 3.10. The molecule has 2 N–H and O–H groups in total. The molecule has 1 amide bonds. The number of hydrogen-bond acceptors (Lipinski definition) is 5. The maximum Gasteiger partial charge on any atom is 0.280 e. The van der Waals surface area contributed by atoms with Crippen molar-refractivity contribution in [2.75, 3.05) is 49.5 Å². The van der Waals surface area contributed by atoms with Crippen LogP contribution in [0.25, 0.3) is 0 Å². The molecule has 4 rings (SSSR count). The van der Waals surface area contributed by atoms with Gasteiger partial charge in [-0.3, -0.25) is 4.79 Å². The number of benzene rings is 1. The van der Waals surface area contributed by atoms with E-state index in [9.17, 15) is 10.1 Å². The van der Waals surface area contributed by atoms with Crippen molar-refractivity contribution in [2.45, 2.75) is 33.1 Å². The van der Waals surface area contributed by atoms with E-state index in [4.69, 9.17) is 4.74 Å². The van der Waals surface area contributed by atoms with Crippen LogP contribution in [0.4, 0.5) is 10.7 Å². The van der Waals surface area contributed by atoms with Crippen molar-refractivity contribution in [3.8, 4) is 11.8 Å². The highest BCUT2D eigenvalue weighted by Crippen LogP contribution is 2.39. The highest BCUT2D eigenvalue weighted by molar-refractivity contribution is 7.16. The zero-order chi connectivity index (χ0) is 21.8. The molecule has 31 heavy (non-hydrogen) atoms. The highest BCUT2D eigenvalue weighted by Gasteiger charge is 2.27. The monoisotopic (exact) mass is 439 g/mol. The van der Waals surface area contributed by atoms with Gasteiger partial charge in [0.1, 0.15) is 16.8 Å². The summed E-state index contributed by atoms with van der Waals surface area (Å²) in [4.78, 5) is 17.6. The molecule has 0 bridgehead atoms. The van der Waals surface area contributed by atoms with Crippen molar-refractivity contribution < 1.29 is 14.4 Å². The maximum absolute atomic E-state index is 12.7. The summed E-state index contributed by atoms with van der Waals surface area (Å²) < 4.78 is 5.77. The Bertz CT molecular complexity index is 972. The number of hydrogen-bond donors (Lipinski definition) is 2. The normalized spacial score (nSPS) is 18.9. The fraction of sp³-hybridized carbons (Fsp3) is 0.500. The third-order valence-electron chi connectivity index (χ3n) is 6.26. The SMILES string of the molecule is CCOc1ccccc1N1CC[NH+](CC(=O)Nc2sc3c(c2C#N)CC[C@H](C)C3)CC1. The largest absolute Gasteiger partial charge is 0.492 e. The van der Waals surface area contributed by atoms with Gasteiger partial charge in [0.2, 0.25) is 0 Å². The number of carbonyl (C=O) groups is 1. The molecule has 0 spiro atoms. The minimum absolute atomic E-state index is 0.00121. The van der Waals surface area contributed by atoms with Crippen molar-refractivity contribution in [1.29, 1.82) is 5.26 Å². The van der Waals surface area contributed by atoms with E-state index in [1.54, 1.807) is 11.3 Å². The van der Waals surface area contributed by atoms with Gasteiger partial charge in [-0.05, 0) is 49.8 Å². The highest BCUT2D eigenvalue weighted by atomic mass is 32.1. The second-order valence-electron chi connectivity index (χ2n) is 8.53. The number of ether oxygens (including phenoxy) is 1. The van der Waals surface area contributed by atoms with E-state index < -0.39 is 0 Å². The number of nitrogens with one attached hydrogen (secondary N) is 2. The quantitative estimate of drug-likeness (QED) is 0.726. The number of amides is 1. The molecule has 1 atom stereocenters. The summed E-state index contributed by atoms with van der Waals surface area (Å²) in [6.45, 7) is 8.92. The fourth-order valence-corrected chi connectivity index (χ4v) is 5.97. The van der Waals surface area contributed by atoms with Crippen LogP contribution in [0.1, 0.15) is 36.3 Å². The summed E-state index contributed by atoms with van der Waals surface area (Å²) in [5.41, 5.74) is 2.98. The van der Waals surface area contributed by atoms with Gasteiger partial charge in [0.05, 0.1) is 44.0 Å². The first-order chi connectivity index (χ1) is 15.1. The molecular formula is C24H31N4O2S+. The first-order valence-electron chi connectivity index (χ1n) is 11.2. The van der Waals surface area contributed by atoms with E-state index in [1.165, 1.54) is 9.78 Å². The topological polar surface area (TPSA) is 69.8 Å². The molecule has 7 heteroatoms. The van der Waals surface area contributed by atoms with Crippen LogP contribution in [0, 0.1) is 17.2 Å². The van der Waals surface area contributed by atoms with E-state index in [2.05, 4.69) is 29.3 Å². The molecule has 1 aromatic carbocycles. The molecule has 6 nitrogen and oxygen atoms in total. The van der Waals surface area contributed by atoms with Crippen molar-refractivity contribution >= 4 is 27.9 Å². The van der Waals surface area contributed by atoms with Crippen LogP contribution < -0.4 is 19.9 Å². The standard InChI is InChI=1S/C24H30N4O2S/c1-3-30-21-7-5-4-6-20(21)28-12-10-27(11-13-28)16-23(29)26-24-19(15-25)18-9-8-17(2)14-22(18)31-24/h4-7,17H,3,8-14,16H2,1-2H3,(H,26,29)/p+1/t17-/m0/s1. The maximum atomic E-state index is 12.7. The van der Waals surface area contributed by atoms with Crippen LogP contribution in [0.3, 0.4) is 0 Å². The number of thiophene rings is 1. The van der Waals surface area contributed by atoms with Crippen molar-refractivity contribution in [1.82, 2.24) is 0 Å². The number of rotatable bonds is 6. The van der Waals surface area contributed by atoms with Crippen molar-refractivity contribution in [3.05, 3.63) is 40.3 Å². The van der Waals surface area contributed by atoms with Crippen molar-refractivity contribution in [2.24, 2.45) is 5.92 Å². The number of nitrogens with zero attached hydrogens (tertiary/aromatic N) is 2. The van der Waals surface area contributed by atoms with Gasteiger partial charge < -0.3 is 19.9 Å². The molecule has 1 aliphatic heterocycles. The summed E-state index contributed by atoms with van der Waals surface area (Å²) in [5, 5.41) is 13.4. The lowest BCUT2D eigenvalue weighted by atomic mass is 9.89. The van der Waals surface area contributed by atoms with Gasteiger partial charge in [-0.2, -0.15) is 5.26 Å². The Morgan fingerprint density at radius 2 is 2.13 bits per heavy atom. The fourth-order valence-electron chi connectivity index (χ4n) is 4.59. The Kier molecular flexibility index (Phi) is 6.79. The zero-order valence-corrected chi connectivity index (χ0v) is 19.2. The third-order valence-corrected chi connectivity index (χ3v) is 7.43. The molecule has 1 aromatic heterocycles. The van der Waals surface area contributed by atoms with Gasteiger partial charge in [0, 0.05) is 4.88 Å². The average molecular weight is 440 g/mol. The lowest BCUT2D eigenvalue weighted by Crippen LogP contribution is -3.15. The van der Waals surface area contributed by atoms with E-state index in [0.717, 1.165) is 67.4 Å². The molecule has 1 aliphatic carbocycles. The Morgan fingerprint density at radius 3 is 2.87 bits per heavy atom. The molecule has 0 saturated carbocycles. The van der Waals surface area contributed by atoms with Crippen LogP contribution in [-0.2, 0) is 17.6 Å². The second-order valence-corrected chi connectivity index (χ2v) is 9.64. The van der Waals surface area contributed by atoms with Gasteiger partial charge in [0.15, 0.2) is 6.54 Å². The number of fused-ring (bicyclic) bond motifs is 1. The summed E-state index contributed by atoms with van der Waals surface area (Å²) >= 11 is 1.60. The first kappa shape index (κ1) is 21.7. The smallest absolute Gasteiger partial charge is 0.280 e. The van der Waals surface area contributed by atoms with Crippen LogP contribution in [0.15, 0.2) is 24.3 Å². The second kappa shape index (κ2) is 9.71. The zero-order valence-electron chi connectivity index (χ0n) is 18.4. The first-order valence-corrected chi connectivity index (χ1v) is 12.1. The van der Waals surface area contributed by atoms with Crippen LogP contribution in [0.5, 0.6) is 5.75 Å². The van der Waals surface area contributed by atoms with Crippen LogP contribution in [-0.4, -0.2) is 45.2 Å². The van der Waals surface area contributed by atoms with Crippen LogP contribution >= 0.6 is 11.3 Å². The lowest BCUT2D eigenvalue weighted by Gasteiger charge is -2.34. The van der Waals surface area contributed by atoms with Gasteiger partial charge in [-0.1, -0.05) is 19.1 Å². The number of quaternary nitrogens is 1. The molecule has 1 saturated heterocycles. The Labute approximate surface area is 188 Å². The Morgan fingerprint density at radius 1 is 1.35 bits per heavy atom. The van der Waals surface area contributed by atoms with E-state index >= 15 is 0 Å². The number of anilines is 2. The molecule has 164 valence electrons. The van der Waals surface area contributed by atoms with Crippen molar-refractivity contribution in [3.63, 3.8) is 0 Å². The predicted octanol–water partition coefficient (Wildman–Crippen LogP) is 2.49. The number of carbonyl (C=O) groups excluding carboxylic acids is 1. The molecule has 2 aromatic rings. The number of piperazine rings is 1. The third kappa shape index (κ3) is 4.86. The summed E-state index contributed by atoms with van der Waals surface area (Å²) in [7, 11) is 0. The Hall–Kier alpha value is -2.56. The summed E-state index contributed by atoms with van der Waals surface area (Å²) in [5.74, 6) is 1.57. The predicted molar refractivity (Wildman–Crippen MR) is 124 cm³/mol. The van der Waals surface area contributed by atoms with Crippen LogP contribution in [0.2, 0.25) is 0 Å².